The fourth-order valence-electron chi connectivity index (χ4n) is 2.35. The van der Waals surface area contributed by atoms with Crippen molar-refractivity contribution in [3.8, 4) is 0 Å². The Hall–Kier alpha value is -2.67. The van der Waals surface area contributed by atoms with E-state index < -0.39 is 5.56 Å². The van der Waals surface area contributed by atoms with Crippen LogP contribution in [0.5, 0.6) is 0 Å². The molecule has 1 N–H and O–H groups in total. The summed E-state index contributed by atoms with van der Waals surface area (Å²) in [7, 11) is 1.58. The van der Waals surface area contributed by atoms with Crippen LogP contribution < -0.4 is 5.56 Å². The topological polar surface area (TPSA) is 88.6 Å². The van der Waals surface area contributed by atoms with Crippen molar-refractivity contribution in [1.29, 1.82) is 0 Å². The Labute approximate surface area is 131 Å². The second kappa shape index (κ2) is 5.85. The van der Waals surface area contributed by atoms with E-state index in [0.717, 1.165) is 5.39 Å². The van der Waals surface area contributed by atoms with Crippen LogP contribution in [0.2, 0.25) is 0 Å². The average Bonchev–Trinajstić information content (AvgIpc) is 2.95. The molecule has 7 nitrogen and oxygen atoms in total. The Morgan fingerprint density at radius 3 is 2.91 bits per heavy atom. The summed E-state index contributed by atoms with van der Waals surface area (Å²) >= 11 is 0. The highest BCUT2D eigenvalue weighted by atomic mass is 16.3. The number of aliphatic hydroxyl groups excluding tert-OH is 1. The van der Waals surface area contributed by atoms with Crippen molar-refractivity contribution in [2.24, 2.45) is 0 Å². The van der Waals surface area contributed by atoms with Crippen molar-refractivity contribution in [2.45, 2.75) is 19.5 Å². The third-order valence-corrected chi connectivity index (χ3v) is 3.97. The molecule has 3 rings (SSSR count). The first-order valence-electron chi connectivity index (χ1n) is 7.26. The second-order valence-corrected chi connectivity index (χ2v) is 5.49. The number of amides is 1. The van der Waals surface area contributed by atoms with Gasteiger partial charge in [-0.25, -0.2) is 4.98 Å². The van der Waals surface area contributed by atoms with E-state index in [4.69, 9.17) is 9.52 Å². The number of para-hydroxylation sites is 1. The molecular formula is C16H17N3O4. The summed E-state index contributed by atoms with van der Waals surface area (Å²) in [5, 5.41) is 9.87. The van der Waals surface area contributed by atoms with Gasteiger partial charge >= 0.3 is 0 Å². The Balaban J connectivity index is 2.00. The molecular weight excluding hydrogens is 298 g/mol. The minimum Gasteiger partial charge on any atom is -0.448 e. The first-order chi connectivity index (χ1) is 11.0. The first kappa shape index (κ1) is 15.2. The smallest absolute Gasteiger partial charge is 0.297 e. The molecule has 0 saturated carbocycles. The van der Waals surface area contributed by atoms with E-state index in [-0.39, 0.29) is 30.7 Å². The van der Waals surface area contributed by atoms with Gasteiger partial charge in [0, 0.05) is 12.4 Å². The lowest BCUT2D eigenvalue weighted by Gasteiger charge is -2.23. The largest absolute Gasteiger partial charge is 0.448 e. The van der Waals surface area contributed by atoms with E-state index in [0.29, 0.717) is 11.1 Å². The van der Waals surface area contributed by atoms with E-state index in [1.165, 1.54) is 15.8 Å². The summed E-state index contributed by atoms with van der Waals surface area (Å²) in [6.45, 7) is 1.43. The van der Waals surface area contributed by atoms with Crippen molar-refractivity contribution in [2.75, 3.05) is 13.7 Å². The quantitative estimate of drug-likeness (QED) is 0.775. The number of aliphatic hydroxyl groups is 1. The molecule has 120 valence electrons. The third-order valence-electron chi connectivity index (χ3n) is 3.97. The number of carbonyl (C=O) groups is 1. The van der Waals surface area contributed by atoms with Gasteiger partial charge in [0.1, 0.15) is 17.6 Å². The van der Waals surface area contributed by atoms with E-state index in [2.05, 4.69) is 4.98 Å². The zero-order valence-electron chi connectivity index (χ0n) is 12.9. The Bertz CT molecular complexity index is 928. The fraction of sp³-hybridized carbons (Fsp3) is 0.312. The van der Waals surface area contributed by atoms with Gasteiger partial charge in [-0.3, -0.25) is 14.2 Å². The molecule has 1 unspecified atom stereocenters. The van der Waals surface area contributed by atoms with Crippen molar-refractivity contribution < 1.29 is 14.3 Å². The molecule has 23 heavy (non-hydrogen) atoms. The molecule has 7 heteroatoms. The number of benzene rings is 1. The maximum absolute atomic E-state index is 12.5. The van der Waals surface area contributed by atoms with Crippen LogP contribution in [0.25, 0.3) is 22.1 Å². The Kier molecular flexibility index (Phi) is 3.87. The normalized spacial score (nSPS) is 12.7. The molecule has 0 aliphatic rings. The second-order valence-electron chi connectivity index (χ2n) is 5.49. The van der Waals surface area contributed by atoms with Gasteiger partial charge in [0.15, 0.2) is 0 Å². The minimum atomic E-state index is -0.399. The lowest BCUT2D eigenvalue weighted by molar-refractivity contribution is -0.133. The van der Waals surface area contributed by atoms with Crippen molar-refractivity contribution in [3.05, 3.63) is 40.9 Å². The monoisotopic (exact) mass is 315 g/mol. The average molecular weight is 315 g/mol. The van der Waals surface area contributed by atoms with Crippen LogP contribution in [0.1, 0.15) is 6.92 Å². The Morgan fingerprint density at radius 2 is 2.17 bits per heavy atom. The number of furan rings is 1. The summed E-state index contributed by atoms with van der Waals surface area (Å²) in [5.41, 5.74) is 0.817. The Morgan fingerprint density at radius 1 is 1.43 bits per heavy atom. The van der Waals surface area contributed by atoms with Crippen LogP contribution >= 0.6 is 0 Å². The maximum atomic E-state index is 12.5. The molecule has 0 radical (unpaired) electrons. The summed E-state index contributed by atoms with van der Waals surface area (Å²) in [6, 6.07) is 6.95. The SMILES string of the molecule is CC(CO)N(C)C(=O)Cn1cnc2c(oc3ccccc32)c1=O. The van der Waals surface area contributed by atoms with Crippen LogP contribution in [0.15, 0.2) is 39.8 Å². The van der Waals surface area contributed by atoms with Gasteiger partial charge in [-0.1, -0.05) is 12.1 Å². The van der Waals surface area contributed by atoms with E-state index >= 15 is 0 Å². The van der Waals surface area contributed by atoms with Gasteiger partial charge in [-0.2, -0.15) is 0 Å². The van der Waals surface area contributed by atoms with E-state index in [9.17, 15) is 9.59 Å². The number of nitrogens with zero attached hydrogens (tertiary/aromatic N) is 3. The standard InChI is InChI=1S/C16H17N3O4/c1-10(8-20)18(2)13(21)7-19-9-17-14-11-5-3-4-6-12(11)23-15(14)16(19)22/h3-6,9-10,20H,7-8H2,1-2H3. The van der Waals surface area contributed by atoms with Gasteiger partial charge < -0.3 is 14.4 Å². The molecule has 2 heterocycles. The highest BCUT2D eigenvalue weighted by Gasteiger charge is 2.18. The molecule has 1 atom stereocenters. The zero-order valence-corrected chi connectivity index (χ0v) is 12.9. The summed E-state index contributed by atoms with van der Waals surface area (Å²) in [5.74, 6) is -0.286. The van der Waals surface area contributed by atoms with Crippen LogP contribution in [-0.2, 0) is 11.3 Å². The summed E-state index contributed by atoms with van der Waals surface area (Å²) in [6.07, 6.45) is 1.35. The van der Waals surface area contributed by atoms with Gasteiger partial charge in [-0.05, 0) is 19.1 Å². The molecule has 2 aromatic heterocycles. The first-order valence-corrected chi connectivity index (χ1v) is 7.26. The van der Waals surface area contributed by atoms with Gasteiger partial charge in [0.05, 0.1) is 19.0 Å². The van der Waals surface area contributed by atoms with E-state index in [1.807, 2.05) is 18.2 Å². The molecule has 0 saturated heterocycles. The number of aromatic nitrogens is 2. The summed E-state index contributed by atoms with van der Waals surface area (Å²) < 4.78 is 6.79. The summed E-state index contributed by atoms with van der Waals surface area (Å²) in [4.78, 5) is 30.3. The third kappa shape index (κ3) is 2.59. The highest BCUT2D eigenvalue weighted by Crippen LogP contribution is 2.23. The van der Waals surface area contributed by atoms with Crippen LogP contribution in [0, 0.1) is 0 Å². The predicted octanol–water partition coefficient (Wildman–Crippen LogP) is 0.982. The highest BCUT2D eigenvalue weighted by molar-refractivity contribution is 6.01. The van der Waals surface area contributed by atoms with Crippen molar-refractivity contribution in [3.63, 3.8) is 0 Å². The molecule has 0 bridgehead atoms. The van der Waals surface area contributed by atoms with Crippen LogP contribution in [-0.4, -0.2) is 45.2 Å². The van der Waals surface area contributed by atoms with E-state index in [1.54, 1.807) is 20.0 Å². The number of hydrogen-bond donors (Lipinski definition) is 1. The fourth-order valence-corrected chi connectivity index (χ4v) is 2.35. The molecule has 0 spiro atoms. The predicted molar refractivity (Wildman–Crippen MR) is 85.1 cm³/mol. The molecule has 3 aromatic rings. The molecule has 1 aromatic carbocycles. The van der Waals surface area contributed by atoms with Crippen molar-refractivity contribution >= 4 is 28.0 Å². The molecule has 0 aliphatic carbocycles. The lowest BCUT2D eigenvalue weighted by atomic mass is 10.2. The van der Waals surface area contributed by atoms with Gasteiger partial charge in [0.2, 0.25) is 11.5 Å². The lowest BCUT2D eigenvalue weighted by Crippen LogP contribution is -2.40. The van der Waals surface area contributed by atoms with Crippen molar-refractivity contribution in [1.82, 2.24) is 14.5 Å². The number of likely N-dealkylation sites (N-methyl/N-ethyl adjacent to an activating group) is 1. The number of hydrogen-bond acceptors (Lipinski definition) is 5. The van der Waals surface area contributed by atoms with Gasteiger partial charge in [0.25, 0.3) is 5.56 Å². The molecule has 0 fully saturated rings. The zero-order chi connectivity index (χ0) is 16.6. The number of fused-ring (bicyclic) bond motifs is 3. The number of carbonyl (C=O) groups excluding carboxylic acids is 1. The van der Waals surface area contributed by atoms with Gasteiger partial charge in [-0.15, -0.1) is 0 Å². The molecule has 0 aliphatic heterocycles. The van der Waals surface area contributed by atoms with Crippen LogP contribution in [0.3, 0.4) is 0 Å². The maximum Gasteiger partial charge on any atom is 0.297 e. The minimum absolute atomic E-state index is 0.138. The van der Waals surface area contributed by atoms with Crippen LogP contribution in [0.4, 0.5) is 0 Å². The number of rotatable bonds is 4. The molecule has 1 amide bonds.